The Labute approximate surface area is 104 Å². The Balaban J connectivity index is 2.34. The van der Waals surface area contributed by atoms with Gasteiger partial charge in [-0.1, -0.05) is 32.0 Å². The SMILES string of the molecule is CC(C)C(CCSc1ccccc1)C(C)N. The Hall–Kier alpha value is -0.470. The van der Waals surface area contributed by atoms with Gasteiger partial charge in [0.15, 0.2) is 0 Å². The highest BCUT2D eigenvalue weighted by Crippen LogP contribution is 2.24. The van der Waals surface area contributed by atoms with Crippen molar-refractivity contribution in [3.8, 4) is 0 Å². The van der Waals surface area contributed by atoms with Gasteiger partial charge < -0.3 is 5.73 Å². The highest BCUT2D eigenvalue weighted by atomic mass is 32.2. The van der Waals surface area contributed by atoms with Crippen LogP contribution in [0.2, 0.25) is 0 Å². The number of hydrogen-bond acceptors (Lipinski definition) is 2. The summed E-state index contributed by atoms with van der Waals surface area (Å²) >= 11 is 1.93. The first-order valence-corrected chi connectivity index (χ1v) is 7.03. The normalized spacial score (nSPS) is 15.1. The van der Waals surface area contributed by atoms with Crippen LogP contribution in [-0.2, 0) is 0 Å². The Bertz CT molecular complexity index is 274. The minimum Gasteiger partial charge on any atom is -0.328 e. The maximum absolute atomic E-state index is 6.01. The van der Waals surface area contributed by atoms with Crippen molar-refractivity contribution >= 4 is 11.8 Å². The van der Waals surface area contributed by atoms with E-state index in [0.29, 0.717) is 17.9 Å². The minimum absolute atomic E-state index is 0.302. The summed E-state index contributed by atoms with van der Waals surface area (Å²) in [5.41, 5.74) is 6.01. The molecule has 0 aromatic heterocycles. The number of benzene rings is 1. The fourth-order valence-corrected chi connectivity index (χ4v) is 3.01. The van der Waals surface area contributed by atoms with E-state index in [-0.39, 0.29) is 0 Å². The molecule has 1 nitrogen and oxygen atoms in total. The molecule has 2 heteroatoms. The number of nitrogens with two attached hydrogens (primary N) is 1. The van der Waals surface area contributed by atoms with Crippen LogP contribution < -0.4 is 5.73 Å². The zero-order chi connectivity index (χ0) is 12.0. The topological polar surface area (TPSA) is 26.0 Å². The molecular formula is C14H23NS. The summed E-state index contributed by atoms with van der Waals surface area (Å²) in [6.07, 6.45) is 1.20. The molecule has 0 amide bonds. The summed E-state index contributed by atoms with van der Waals surface area (Å²) < 4.78 is 0. The van der Waals surface area contributed by atoms with Crippen molar-refractivity contribution in [2.75, 3.05) is 5.75 Å². The summed E-state index contributed by atoms with van der Waals surface area (Å²) in [7, 11) is 0. The van der Waals surface area contributed by atoms with E-state index in [1.54, 1.807) is 0 Å². The molecule has 0 fully saturated rings. The predicted molar refractivity (Wildman–Crippen MR) is 73.8 cm³/mol. The van der Waals surface area contributed by atoms with Gasteiger partial charge in [0.05, 0.1) is 0 Å². The fraction of sp³-hybridized carbons (Fsp3) is 0.571. The zero-order valence-electron chi connectivity index (χ0n) is 10.5. The van der Waals surface area contributed by atoms with Gasteiger partial charge in [-0.05, 0) is 43.1 Å². The second-order valence-electron chi connectivity index (χ2n) is 4.72. The van der Waals surface area contributed by atoms with Gasteiger partial charge in [-0.3, -0.25) is 0 Å². The Morgan fingerprint density at radius 2 is 1.75 bits per heavy atom. The largest absolute Gasteiger partial charge is 0.328 e. The molecule has 0 saturated carbocycles. The third-order valence-corrected chi connectivity index (χ3v) is 4.04. The number of hydrogen-bond donors (Lipinski definition) is 1. The zero-order valence-corrected chi connectivity index (χ0v) is 11.3. The molecule has 0 bridgehead atoms. The van der Waals surface area contributed by atoms with Crippen molar-refractivity contribution in [3.05, 3.63) is 30.3 Å². The molecule has 0 heterocycles. The van der Waals surface area contributed by atoms with Gasteiger partial charge in [0.2, 0.25) is 0 Å². The molecule has 16 heavy (non-hydrogen) atoms. The summed E-state index contributed by atoms with van der Waals surface area (Å²) in [5.74, 6) is 2.47. The van der Waals surface area contributed by atoms with Crippen LogP contribution >= 0.6 is 11.8 Å². The van der Waals surface area contributed by atoms with Gasteiger partial charge in [0.1, 0.15) is 0 Å². The lowest BCUT2D eigenvalue weighted by atomic mass is 9.88. The molecule has 2 N–H and O–H groups in total. The van der Waals surface area contributed by atoms with E-state index in [1.165, 1.54) is 11.3 Å². The maximum Gasteiger partial charge on any atom is 0.00719 e. The molecule has 1 aromatic rings. The third-order valence-electron chi connectivity index (χ3n) is 2.99. The van der Waals surface area contributed by atoms with E-state index in [9.17, 15) is 0 Å². The Kier molecular flexibility index (Phi) is 5.93. The van der Waals surface area contributed by atoms with Crippen LogP contribution in [0.3, 0.4) is 0 Å². The van der Waals surface area contributed by atoms with Gasteiger partial charge >= 0.3 is 0 Å². The Morgan fingerprint density at radius 3 is 2.25 bits per heavy atom. The first-order valence-electron chi connectivity index (χ1n) is 6.04. The van der Waals surface area contributed by atoms with Crippen molar-refractivity contribution in [1.29, 1.82) is 0 Å². The molecule has 0 spiro atoms. The molecule has 0 radical (unpaired) electrons. The second kappa shape index (κ2) is 6.97. The van der Waals surface area contributed by atoms with Gasteiger partial charge in [0, 0.05) is 10.9 Å². The van der Waals surface area contributed by atoms with Crippen LogP contribution in [0.5, 0.6) is 0 Å². The van der Waals surface area contributed by atoms with Crippen LogP contribution in [0.25, 0.3) is 0 Å². The third kappa shape index (κ3) is 4.58. The molecule has 2 atom stereocenters. The molecule has 1 aromatic carbocycles. The average molecular weight is 237 g/mol. The molecule has 0 aliphatic carbocycles. The van der Waals surface area contributed by atoms with E-state index in [0.717, 1.165) is 5.75 Å². The predicted octanol–water partition coefficient (Wildman–Crippen LogP) is 3.79. The lowest BCUT2D eigenvalue weighted by Gasteiger charge is -2.24. The number of thioether (sulfide) groups is 1. The molecule has 90 valence electrons. The highest BCUT2D eigenvalue weighted by molar-refractivity contribution is 7.99. The van der Waals surface area contributed by atoms with E-state index >= 15 is 0 Å². The fourth-order valence-electron chi connectivity index (χ4n) is 2.03. The van der Waals surface area contributed by atoms with Crippen molar-refractivity contribution in [2.24, 2.45) is 17.6 Å². The van der Waals surface area contributed by atoms with Crippen LogP contribution in [0.15, 0.2) is 35.2 Å². The van der Waals surface area contributed by atoms with E-state index in [2.05, 4.69) is 51.1 Å². The first-order chi connectivity index (χ1) is 7.61. The molecular weight excluding hydrogens is 214 g/mol. The Morgan fingerprint density at radius 1 is 1.12 bits per heavy atom. The average Bonchev–Trinajstić information content (AvgIpc) is 2.24. The van der Waals surface area contributed by atoms with Crippen LogP contribution in [0.4, 0.5) is 0 Å². The number of rotatable bonds is 6. The summed E-state index contributed by atoms with van der Waals surface area (Å²) in [6.45, 7) is 6.65. The van der Waals surface area contributed by atoms with Crippen molar-refractivity contribution < 1.29 is 0 Å². The van der Waals surface area contributed by atoms with E-state index in [4.69, 9.17) is 5.73 Å². The van der Waals surface area contributed by atoms with Crippen LogP contribution in [0.1, 0.15) is 27.2 Å². The molecule has 0 saturated heterocycles. The lowest BCUT2D eigenvalue weighted by molar-refractivity contribution is 0.324. The van der Waals surface area contributed by atoms with E-state index < -0.39 is 0 Å². The maximum atomic E-state index is 6.01. The molecule has 2 unspecified atom stereocenters. The van der Waals surface area contributed by atoms with Crippen molar-refractivity contribution in [2.45, 2.75) is 38.1 Å². The van der Waals surface area contributed by atoms with Gasteiger partial charge in [-0.25, -0.2) is 0 Å². The van der Waals surface area contributed by atoms with Crippen molar-refractivity contribution in [3.63, 3.8) is 0 Å². The summed E-state index contributed by atoms with van der Waals surface area (Å²) in [6, 6.07) is 10.9. The summed E-state index contributed by atoms with van der Waals surface area (Å²) in [5, 5.41) is 0. The van der Waals surface area contributed by atoms with E-state index in [1.807, 2.05) is 11.8 Å². The second-order valence-corrected chi connectivity index (χ2v) is 5.89. The first kappa shape index (κ1) is 13.6. The van der Waals surface area contributed by atoms with Crippen LogP contribution in [-0.4, -0.2) is 11.8 Å². The lowest BCUT2D eigenvalue weighted by Crippen LogP contribution is -2.30. The van der Waals surface area contributed by atoms with Gasteiger partial charge in [-0.15, -0.1) is 11.8 Å². The quantitative estimate of drug-likeness (QED) is 0.762. The van der Waals surface area contributed by atoms with Gasteiger partial charge in [0.25, 0.3) is 0 Å². The van der Waals surface area contributed by atoms with Crippen LogP contribution in [0, 0.1) is 11.8 Å². The molecule has 0 aliphatic rings. The molecule has 0 aliphatic heterocycles. The van der Waals surface area contributed by atoms with Gasteiger partial charge in [-0.2, -0.15) is 0 Å². The monoisotopic (exact) mass is 237 g/mol. The molecule has 1 rings (SSSR count). The minimum atomic E-state index is 0.302. The summed E-state index contributed by atoms with van der Waals surface area (Å²) in [4.78, 5) is 1.36. The highest BCUT2D eigenvalue weighted by Gasteiger charge is 2.17. The van der Waals surface area contributed by atoms with Crippen molar-refractivity contribution in [1.82, 2.24) is 0 Å². The standard InChI is InChI=1S/C14H23NS/c1-11(2)14(12(3)15)9-10-16-13-7-5-4-6-8-13/h4-8,11-12,14H,9-10,15H2,1-3H3. The smallest absolute Gasteiger partial charge is 0.00719 e.